The molecule has 4 N–H and O–H groups in total. The number of carbonyl (C=O) groups is 4. The number of β-lactam (4-membered cyclic amide) rings is 1. The average molecular weight is 386 g/mol. The van der Waals surface area contributed by atoms with Crippen LogP contribution in [0.4, 0.5) is 13.2 Å². The van der Waals surface area contributed by atoms with E-state index in [1.807, 2.05) is 0 Å². The summed E-state index contributed by atoms with van der Waals surface area (Å²) in [7, 11) is 0. The number of esters is 1. The smallest absolute Gasteiger partial charge is 0.477 e. The van der Waals surface area contributed by atoms with Gasteiger partial charge >= 0.3 is 24.1 Å². The van der Waals surface area contributed by atoms with Gasteiger partial charge in [-0.3, -0.25) is 14.5 Å². The molecule has 1 amide bonds. The summed E-state index contributed by atoms with van der Waals surface area (Å²) in [5.41, 5.74) is 5.90. The van der Waals surface area contributed by atoms with Crippen molar-refractivity contribution < 1.29 is 47.3 Å². The van der Waals surface area contributed by atoms with Gasteiger partial charge in [0.25, 0.3) is 0 Å². The molecule has 2 atom stereocenters. The van der Waals surface area contributed by atoms with Crippen LogP contribution >= 0.6 is 11.8 Å². The van der Waals surface area contributed by atoms with Crippen LogP contribution in [0.1, 0.15) is 6.92 Å². The van der Waals surface area contributed by atoms with Gasteiger partial charge in [0.2, 0.25) is 5.91 Å². The molecule has 1 fully saturated rings. The summed E-state index contributed by atoms with van der Waals surface area (Å²) >= 11 is 1.37. The van der Waals surface area contributed by atoms with Gasteiger partial charge < -0.3 is 20.7 Å². The van der Waals surface area contributed by atoms with E-state index in [9.17, 15) is 27.6 Å². The summed E-state index contributed by atoms with van der Waals surface area (Å²) in [4.78, 5) is 43.6. The van der Waals surface area contributed by atoms with E-state index in [4.69, 9.17) is 25.5 Å². The lowest BCUT2D eigenvalue weighted by Crippen LogP contribution is -2.68. The number of aliphatic carboxylic acids is 2. The summed E-state index contributed by atoms with van der Waals surface area (Å²) in [6.45, 7) is 1.13. The highest BCUT2D eigenvalue weighted by atomic mass is 32.2. The number of fused-ring (bicyclic) bond motifs is 1. The molecule has 2 rings (SSSR count). The maximum Gasteiger partial charge on any atom is 0.490 e. The van der Waals surface area contributed by atoms with E-state index in [2.05, 4.69) is 0 Å². The number of nitrogens with zero attached hydrogens (tertiary/aromatic N) is 1. The fourth-order valence-electron chi connectivity index (χ4n) is 1.88. The molecule has 0 spiro atoms. The number of hydrogen-bond donors (Lipinski definition) is 3. The molecule has 2 aliphatic heterocycles. The zero-order chi connectivity index (χ0) is 19.5. The van der Waals surface area contributed by atoms with Gasteiger partial charge in [-0.15, -0.1) is 11.8 Å². The van der Waals surface area contributed by atoms with Crippen molar-refractivity contribution in [3.8, 4) is 0 Å². The minimum absolute atomic E-state index is 0.105. The maximum atomic E-state index is 11.6. The normalized spacial score (nSPS) is 22.3. The Morgan fingerprint density at radius 1 is 1.36 bits per heavy atom. The number of nitrogens with two attached hydrogens (primary N) is 1. The Morgan fingerprint density at radius 3 is 2.28 bits per heavy atom. The first-order valence-corrected chi connectivity index (χ1v) is 7.51. The lowest BCUT2D eigenvalue weighted by atomic mass is 10.0. The first-order valence-electron chi connectivity index (χ1n) is 6.47. The minimum Gasteiger partial charge on any atom is -0.477 e. The van der Waals surface area contributed by atoms with Gasteiger partial charge in [0.15, 0.2) is 0 Å². The highest BCUT2D eigenvalue weighted by molar-refractivity contribution is 8.00. The number of hydrogen-bond acceptors (Lipinski definition) is 7. The summed E-state index contributed by atoms with van der Waals surface area (Å²) < 4.78 is 36.5. The lowest BCUT2D eigenvalue weighted by molar-refractivity contribution is -0.192. The van der Waals surface area contributed by atoms with E-state index in [-0.39, 0.29) is 17.7 Å². The molecule has 13 heteroatoms. The topological polar surface area (TPSA) is 147 Å². The highest BCUT2D eigenvalue weighted by Crippen LogP contribution is 2.39. The van der Waals surface area contributed by atoms with E-state index < -0.39 is 36.0 Å². The van der Waals surface area contributed by atoms with Crippen molar-refractivity contribution >= 4 is 35.6 Å². The molecule has 0 aromatic heterocycles. The third-order valence-corrected chi connectivity index (χ3v) is 4.34. The summed E-state index contributed by atoms with van der Waals surface area (Å²) in [6, 6.07) is -0.653. The van der Waals surface area contributed by atoms with Gasteiger partial charge in [0, 0.05) is 18.2 Å². The molecule has 2 heterocycles. The second kappa shape index (κ2) is 7.74. The van der Waals surface area contributed by atoms with Crippen molar-refractivity contribution in [2.75, 3.05) is 12.4 Å². The Balaban J connectivity index is 0.000000381. The number of ether oxygens (including phenoxy) is 1. The van der Waals surface area contributed by atoms with Crippen molar-refractivity contribution in [3.05, 3.63) is 11.3 Å². The van der Waals surface area contributed by atoms with Crippen LogP contribution in [0.3, 0.4) is 0 Å². The molecule has 0 saturated carbocycles. The molecule has 0 radical (unpaired) electrons. The van der Waals surface area contributed by atoms with Gasteiger partial charge in [-0.1, -0.05) is 0 Å². The monoisotopic (exact) mass is 386 g/mol. The molecule has 140 valence electrons. The SMILES string of the molecule is CC(=O)OCC1=C(C(=O)O)N2C(=O)C(N)C2SC1.O=C(O)C(F)(F)F. The minimum atomic E-state index is -5.08. The fourth-order valence-corrected chi connectivity index (χ4v) is 3.15. The first kappa shape index (κ1) is 20.8. The van der Waals surface area contributed by atoms with Crippen LogP contribution in [0, 0.1) is 0 Å². The van der Waals surface area contributed by atoms with Crippen molar-refractivity contribution in [2.24, 2.45) is 5.73 Å². The number of halogens is 3. The second-order valence-corrected chi connectivity index (χ2v) is 5.88. The second-order valence-electron chi connectivity index (χ2n) is 4.78. The van der Waals surface area contributed by atoms with E-state index in [1.54, 1.807) is 0 Å². The van der Waals surface area contributed by atoms with Crippen molar-refractivity contribution in [1.82, 2.24) is 4.90 Å². The van der Waals surface area contributed by atoms with Crippen LogP contribution in [0.25, 0.3) is 0 Å². The van der Waals surface area contributed by atoms with Crippen LogP contribution in [-0.2, 0) is 23.9 Å². The lowest BCUT2D eigenvalue weighted by Gasteiger charge is -2.47. The van der Waals surface area contributed by atoms with Gasteiger partial charge in [0.05, 0.1) is 0 Å². The van der Waals surface area contributed by atoms with Gasteiger partial charge in [-0.25, -0.2) is 9.59 Å². The van der Waals surface area contributed by atoms with Crippen molar-refractivity contribution in [1.29, 1.82) is 0 Å². The molecule has 0 aromatic carbocycles. The number of carbonyl (C=O) groups excluding carboxylic acids is 2. The molecule has 2 aliphatic rings. The van der Waals surface area contributed by atoms with E-state index in [1.165, 1.54) is 23.6 Å². The summed E-state index contributed by atoms with van der Waals surface area (Å²) in [5, 5.41) is 16.0. The predicted molar refractivity (Wildman–Crippen MR) is 76.1 cm³/mol. The molecular weight excluding hydrogens is 373 g/mol. The Hall–Kier alpha value is -2.28. The van der Waals surface area contributed by atoms with Crippen LogP contribution < -0.4 is 5.73 Å². The van der Waals surface area contributed by atoms with Crippen molar-refractivity contribution in [3.63, 3.8) is 0 Å². The number of carboxylic acids is 2. The van der Waals surface area contributed by atoms with Crippen LogP contribution in [0.5, 0.6) is 0 Å². The fraction of sp³-hybridized carbons (Fsp3) is 0.500. The van der Waals surface area contributed by atoms with Gasteiger partial charge in [0.1, 0.15) is 23.7 Å². The zero-order valence-electron chi connectivity index (χ0n) is 12.6. The molecule has 25 heavy (non-hydrogen) atoms. The standard InChI is InChI=1S/C10H12N2O5S.C2HF3O2/c1-4(13)17-2-5-3-18-9-6(11)8(14)12(9)7(5)10(15)16;3-2(4,5)1(6)7/h6,9H,2-3,11H2,1H3,(H,15,16);(H,6,7). The maximum absolute atomic E-state index is 11.6. The number of alkyl halides is 3. The van der Waals surface area contributed by atoms with Gasteiger partial charge in [-0.05, 0) is 0 Å². The third kappa shape index (κ3) is 4.85. The van der Waals surface area contributed by atoms with Crippen LogP contribution in [-0.4, -0.2) is 68.9 Å². The molecule has 0 aromatic rings. The zero-order valence-corrected chi connectivity index (χ0v) is 13.4. The van der Waals surface area contributed by atoms with Crippen molar-refractivity contribution in [2.45, 2.75) is 24.5 Å². The quantitative estimate of drug-likeness (QED) is 0.442. The number of thioether (sulfide) groups is 1. The van der Waals surface area contributed by atoms with Crippen LogP contribution in [0.15, 0.2) is 11.3 Å². The molecule has 0 aliphatic carbocycles. The van der Waals surface area contributed by atoms with Gasteiger partial charge in [-0.2, -0.15) is 13.2 Å². The molecule has 0 bridgehead atoms. The van der Waals surface area contributed by atoms with E-state index in [0.717, 1.165) is 0 Å². The van der Waals surface area contributed by atoms with E-state index >= 15 is 0 Å². The predicted octanol–water partition coefficient (Wildman–Crippen LogP) is -0.236. The number of carboxylic acid groups (broad SMARTS) is 2. The average Bonchev–Trinajstić information content (AvgIpc) is 2.50. The van der Waals surface area contributed by atoms with Crippen LogP contribution in [0.2, 0.25) is 0 Å². The Bertz CT molecular complexity index is 635. The molecule has 9 nitrogen and oxygen atoms in total. The number of amides is 1. The summed E-state index contributed by atoms with van der Waals surface area (Å²) in [6.07, 6.45) is -5.08. The Kier molecular flexibility index (Phi) is 6.42. The molecule has 2 unspecified atom stereocenters. The molecular formula is C12H13F3N2O7S. The first-order chi connectivity index (χ1) is 11.4. The Labute approximate surface area is 142 Å². The largest absolute Gasteiger partial charge is 0.490 e. The Morgan fingerprint density at radius 2 is 1.88 bits per heavy atom. The number of rotatable bonds is 3. The highest BCUT2D eigenvalue weighted by Gasteiger charge is 2.51. The van der Waals surface area contributed by atoms with E-state index in [0.29, 0.717) is 11.3 Å². The molecule has 1 saturated heterocycles. The third-order valence-electron chi connectivity index (χ3n) is 2.98. The summed E-state index contributed by atoms with van der Waals surface area (Å²) in [5.74, 6) is -4.48.